The molecule has 0 radical (unpaired) electrons. The van der Waals surface area contributed by atoms with Gasteiger partial charge in [-0.05, 0) is 47.5 Å². The van der Waals surface area contributed by atoms with E-state index in [-0.39, 0.29) is 24.7 Å². The standard InChI is InChI=1S/C31H27N3O4S2/c35-18-20-7-9-21(10-8-20)27-16-25(19-39-31-34-26-5-1-2-6-28(26)40-31)37-30(38-27)22-11-13-24(14-12-22)33-29(36)23-4-3-15-32-17-23/h1-15,17,25,27,30,35H,16,18-19H2,(H,33,36). The summed E-state index contributed by atoms with van der Waals surface area (Å²) in [6, 6.07) is 27.0. The first-order valence-electron chi connectivity index (χ1n) is 12.9. The number of fused-ring (bicyclic) bond motifs is 1. The number of nitrogens with one attached hydrogen (secondary N) is 1. The number of thioether (sulfide) groups is 1. The van der Waals surface area contributed by atoms with Crippen LogP contribution in [0.5, 0.6) is 0 Å². The van der Waals surface area contributed by atoms with Crippen molar-refractivity contribution in [1.29, 1.82) is 0 Å². The maximum atomic E-state index is 12.5. The highest BCUT2D eigenvalue weighted by Gasteiger charge is 2.32. The number of nitrogens with zero attached hydrogens (tertiary/aromatic N) is 2. The Kier molecular flexibility index (Phi) is 8.17. The van der Waals surface area contributed by atoms with Crippen molar-refractivity contribution >= 4 is 44.9 Å². The van der Waals surface area contributed by atoms with Crippen molar-refractivity contribution in [3.8, 4) is 0 Å². The van der Waals surface area contributed by atoms with Crippen LogP contribution in [0.2, 0.25) is 0 Å². The van der Waals surface area contributed by atoms with Crippen molar-refractivity contribution in [1.82, 2.24) is 9.97 Å². The van der Waals surface area contributed by atoms with Gasteiger partial charge in [0.05, 0.1) is 34.6 Å². The summed E-state index contributed by atoms with van der Waals surface area (Å²) in [7, 11) is 0. The minimum atomic E-state index is -0.569. The van der Waals surface area contributed by atoms with Crippen LogP contribution < -0.4 is 5.32 Å². The van der Waals surface area contributed by atoms with E-state index in [9.17, 15) is 9.90 Å². The van der Waals surface area contributed by atoms with Gasteiger partial charge in [-0.1, -0.05) is 60.3 Å². The second kappa shape index (κ2) is 12.3. The van der Waals surface area contributed by atoms with Crippen molar-refractivity contribution in [2.24, 2.45) is 0 Å². The summed E-state index contributed by atoms with van der Waals surface area (Å²) >= 11 is 3.39. The van der Waals surface area contributed by atoms with Crippen molar-refractivity contribution < 1.29 is 19.4 Å². The van der Waals surface area contributed by atoms with Crippen molar-refractivity contribution in [3.05, 3.63) is 120 Å². The van der Waals surface area contributed by atoms with Gasteiger partial charge in [0.25, 0.3) is 5.91 Å². The Bertz CT molecular complexity index is 1540. The highest BCUT2D eigenvalue weighted by Crippen LogP contribution is 2.40. The number of hydrogen-bond acceptors (Lipinski definition) is 8. The van der Waals surface area contributed by atoms with Gasteiger partial charge in [0.2, 0.25) is 0 Å². The SMILES string of the molecule is O=C(Nc1ccc(C2OC(CSc3nc4ccccc4s3)CC(c3ccc(CO)cc3)O2)cc1)c1cccnc1. The van der Waals surface area contributed by atoms with E-state index in [2.05, 4.69) is 16.4 Å². The predicted molar refractivity (Wildman–Crippen MR) is 157 cm³/mol. The van der Waals surface area contributed by atoms with Crippen LogP contribution >= 0.6 is 23.1 Å². The Labute approximate surface area is 240 Å². The Morgan fingerprint density at radius 3 is 2.52 bits per heavy atom. The zero-order valence-electron chi connectivity index (χ0n) is 21.5. The Balaban J connectivity index is 1.18. The molecule has 5 aromatic rings. The second-order valence-electron chi connectivity index (χ2n) is 9.43. The third-order valence-corrected chi connectivity index (χ3v) is 8.96. The molecule has 0 saturated carbocycles. The lowest BCUT2D eigenvalue weighted by atomic mass is 10.0. The first kappa shape index (κ1) is 26.6. The molecule has 9 heteroatoms. The van der Waals surface area contributed by atoms with Gasteiger partial charge in [-0.3, -0.25) is 9.78 Å². The van der Waals surface area contributed by atoms with Gasteiger partial charge in [-0.25, -0.2) is 4.98 Å². The summed E-state index contributed by atoms with van der Waals surface area (Å²) < 4.78 is 15.1. The highest BCUT2D eigenvalue weighted by molar-refractivity contribution is 8.01. The molecule has 1 aliphatic heterocycles. The molecule has 1 saturated heterocycles. The third-order valence-electron chi connectivity index (χ3n) is 6.65. The summed E-state index contributed by atoms with van der Waals surface area (Å²) in [6.07, 6.45) is 3.06. The smallest absolute Gasteiger partial charge is 0.257 e. The molecule has 0 bridgehead atoms. The molecule has 1 aliphatic rings. The van der Waals surface area contributed by atoms with Gasteiger partial charge in [0.1, 0.15) is 0 Å². The Hall–Kier alpha value is -3.60. The zero-order chi connectivity index (χ0) is 27.3. The molecule has 0 aliphatic carbocycles. The average Bonchev–Trinajstić information content (AvgIpc) is 3.44. The topological polar surface area (TPSA) is 93.6 Å². The molecule has 40 heavy (non-hydrogen) atoms. The number of carbonyl (C=O) groups is 1. The number of aliphatic hydroxyl groups is 1. The summed E-state index contributed by atoms with van der Waals surface area (Å²) in [5, 5.41) is 12.4. The van der Waals surface area contributed by atoms with Crippen LogP contribution in [0.15, 0.2) is 102 Å². The Morgan fingerprint density at radius 1 is 0.975 bits per heavy atom. The fourth-order valence-electron chi connectivity index (χ4n) is 4.52. The molecule has 7 nitrogen and oxygen atoms in total. The maximum absolute atomic E-state index is 12.5. The third kappa shape index (κ3) is 6.24. The summed E-state index contributed by atoms with van der Waals surface area (Å²) in [6.45, 7) is 0.00262. The zero-order valence-corrected chi connectivity index (χ0v) is 23.1. The lowest BCUT2D eigenvalue weighted by molar-refractivity contribution is -0.245. The molecule has 1 fully saturated rings. The molecule has 3 aromatic carbocycles. The molecular formula is C31H27N3O4S2. The molecular weight excluding hydrogens is 542 g/mol. The van der Waals surface area contributed by atoms with E-state index in [1.807, 2.05) is 66.7 Å². The number of ether oxygens (including phenoxy) is 2. The monoisotopic (exact) mass is 569 g/mol. The number of anilines is 1. The van der Waals surface area contributed by atoms with E-state index in [4.69, 9.17) is 14.5 Å². The number of thiazole rings is 1. The fourth-order valence-corrected chi connectivity index (χ4v) is 6.64. The van der Waals surface area contributed by atoms with Crippen LogP contribution in [0.3, 0.4) is 0 Å². The minimum Gasteiger partial charge on any atom is -0.392 e. The molecule has 202 valence electrons. The predicted octanol–water partition coefficient (Wildman–Crippen LogP) is 6.77. The number of para-hydroxylation sites is 1. The lowest BCUT2D eigenvalue weighted by Crippen LogP contribution is -2.31. The van der Waals surface area contributed by atoms with Crippen LogP contribution in [-0.4, -0.2) is 32.8 Å². The number of benzene rings is 3. The molecule has 6 rings (SSSR count). The fraction of sp³-hybridized carbons (Fsp3) is 0.194. The largest absolute Gasteiger partial charge is 0.392 e. The molecule has 2 N–H and O–H groups in total. The summed E-state index contributed by atoms with van der Waals surface area (Å²) in [4.78, 5) is 21.3. The number of aliphatic hydroxyl groups excluding tert-OH is 1. The van der Waals surface area contributed by atoms with E-state index >= 15 is 0 Å². The van der Waals surface area contributed by atoms with Gasteiger partial charge in [-0.2, -0.15) is 0 Å². The average molecular weight is 570 g/mol. The van der Waals surface area contributed by atoms with Gasteiger partial charge >= 0.3 is 0 Å². The number of carbonyl (C=O) groups excluding carboxylic acids is 1. The second-order valence-corrected chi connectivity index (χ2v) is 11.7. The molecule has 2 aromatic heterocycles. The highest BCUT2D eigenvalue weighted by atomic mass is 32.2. The minimum absolute atomic E-state index is 0.00262. The van der Waals surface area contributed by atoms with E-state index in [0.717, 1.165) is 32.3 Å². The van der Waals surface area contributed by atoms with E-state index in [1.165, 1.54) is 10.9 Å². The van der Waals surface area contributed by atoms with Crippen LogP contribution in [0, 0.1) is 0 Å². The first-order chi connectivity index (χ1) is 19.6. The quantitative estimate of drug-likeness (QED) is 0.199. The molecule has 0 spiro atoms. The number of rotatable bonds is 8. The summed E-state index contributed by atoms with van der Waals surface area (Å²) in [5.74, 6) is 0.522. The van der Waals surface area contributed by atoms with Crippen LogP contribution in [0.4, 0.5) is 5.69 Å². The summed E-state index contributed by atoms with van der Waals surface area (Å²) in [5.41, 5.74) is 4.95. The van der Waals surface area contributed by atoms with Crippen molar-refractivity contribution in [2.75, 3.05) is 11.1 Å². The lowest BCUT2D eigenvalue weighted by Gasteiger charge is -2.36. The maximum Gasteiger partial charge on any atom is 0.257 e. The van der Waals surface area contributed by atoms with E-state index in [1.54, 1.807) is 41.4 Å². The van der Waals surface area contributed by atoms with Crippen LogP contribution in [0.1, 0.15) is 45.9 Å². The molecule has 3 atom stereocenters. The number of hydrogen-bond donors (Lipinski definition) is 2. The van der Waals surface area contributed by atoms with Gasteiger partial charge < -0.3 is 19.9 Å². The number of pyridine rings is 1. The van der Waals surface area contributed by atoms with Crippen LogP contribution in [0.25, 0.3) is 10.2 Å². The number of aromatic nitrogens is 2. The van der Waals surface area contributed by atoms with Gasteiger partial charge in [0, 0.05) is 35.8 Å². The first-order valence-corrected chi connectivity index (χ1v) is 14.7. The van der Waals surface area contributed by atoms with Crippen molar-refractivity contribution in [3.63, 3.8) is 0 Å². The van der Waals surface area contributed by atoms with Gasteiger partial charge in [-0.15, -0.1) is 11.3 Å². The molecule has 1 amide bonds. The normalized spacial score (nSPS) is 19.0. The Morgan fingerprint density at radius 2 is 1.77 bits per heavy atom. The van der Waals surface area contributed by atoms with E-state index < -0.39 is 6.29 Å². The van der Waals surface area contributed by atoms with E-state index in [0.29, 0.717) is 17.7 Å². The molecule has 3 unspecified atom stereocenters. The molecule has 3 heterocycles. The van der Waals surface area contributed by atoms with Crippen molar-refractivity contribution in [2.45, 2.75) is 35.9 Å². The number of amides is 1. The van der Waals surface area contributed by atoms with Gasteiger partial charge in [0.15, 0.2) is 10.6 Å². The van der Waals surface area contributed by atoms with Crippen LogP contribution in [-0.2, 0) is 16.1 Å².